The molecular weight excluding hydrogens is 284 g/mol. The summed E-state index contributed by atoms with van der Waals surface area (Å²) in [6.45, 7) is 8.90. The van der Waals surface area contributed by atoms with Gasteiger partial charge in [-0.2, -0.15) is 0 Å². The van der Waals surface area contributed by atoms with Crippen molar-refractivity contribution in [3.63, 3.8) is 0 Å². The molecule has 5 heteroatoms. The van der Waals surface area contributed by atoms with Crippen LogP contribution >= 0.6 is 11.3 Å². The molecule has 21 heavy (non-hydrogen) atoms. The van der Waals surface area contributed by atoms with Crippen LogP contribution in [0.5, 0.6) is 0 Å². The van der Waals surface area contributed by atoms with E-state index in [-0.39, 0.29) is 5.97 Å². The lowest BCUT2D eigenvalue weighted by Gasteiger charge is -2.21. The molecule has 1 saturated heterocycles. The summed E-state index contributed by atoms with van der Waals surface area (Å²) in [4.78, 5) is 14.8. The van der Waals surface area contributed by atoms with E-state index in [2.05, 4.69) is 18.7 Å². The van der Waals surface area contributed by atoms with Crippen LogP contribution in [-0.4, -0.2) is 25.7 Å². The van der Waals surface area contributed by atoms with Crippen LogP contribution in [0.2, 0.25) is 0 Å². The first-order valence-electron chi connectivity index (χ1n) is 7.84. The van der Waals surface area contributed by atoms with Crippen LogP contribution < -0.4 is 10.6 Å². The van der Waals surface area contributed by atoms with E-state index >= 15 is 0 Å². The Labute approximate surface area is 131 Å². The van der Waals surface area contributed by atoms with Crippen LogP contribution in [0.3, 0.4) is 0 Å². The molecule has 0 aliphatic carbocycles. The van der Waals surface area contributed by atoms with Gasteiger partial charge in [-0.05, 0) is 44.1 Å². The van der Waals surface area contributed by atoms with Gasteiger partial charge < -0.3 is 15.4 Å². The summed E-state index contributed by atoms with van der Waals surface area (Å²) in [5.74, 6) is 1.24. The summed E-state index contributed by atoms with van der Waals surface area (Å²) < 4.78 is 5.06. The van der Waals surface area contributed by atoms with Crippen LogP contribution in [0, 0.1) is 11.8 Å². The van der Waals surface area contributed by atoms with Crippen LogP contribution in [-0.2, 0) is 4.74 Å². The highest BCUT2D eigenvalue weighted by Gasteiger charge is 2.23. The highest BCUT2D eigenvalue weighted by Crippen LogP contribution is 2.35. The molecule has 1 unspecified atom stereocenters. The molecule has 1 aliphatic heterocycles. The summed E-state index contributed by atoms with van der Waals surface area (Å²) >= 11 is 1.46. The van der Waals surface area contributed by atoms with E-state index in [0.29, 0.717) is 17.2 Å². The van der Waals surface area contributed by atoms with Crippen molar-refractivity contribution in [3.8, 4) is 0 Å². The van der Waals surface area contributed by atoms with Crippen molar-refractivity contribution in [2.45, 2.75) is 40.0 Å². The lowest BCUT2D eigenvalue weighted by molar-refractivity contribution is 0.0533. The van der Waals surface area contributed by atoms with Gasteiger partial charge in [0.15, 0.2) is 0 Å². The van der Waals surface area contributed by atoms with Gasteiger partial charge in [-0.15, -0.1) is 11.3 Å². The SMILES string of the molecule is CCOC(=O)c1sc(N2CCCC(C(C)C)CC2)cc1N. The predicted octanol–water partition coefficient (Wildman–Crippen LogP) is 3.77. The number of thiophene rings is 1. The smallest absolute Gasteiger partial charge is 0.350 e. The number of ether oxygens (including phenoxy) is 1. The number of anilines is 2. The van der Waals surface area contributed by atoms with Crippen LogP contribution in [0.4, 0.5) is 10.7 Å². The molecule has 0 spiro atoms. The van der Waals surface area contributed by atoms with Crippen molar-refractivity contribution >= 4 is 28.0 Å². The molecule has 0 amide bonds. The van der Waals surface area contributed by atoms with Gasteiger partial charge in [0.05, 0.1) is 17.3 Å². The molecule has 1 aliphatic rings. The predicted molar refractivity (Wildman–Crippen MR) is 89.1 cm³/mol. The lowest BCUT2D eigenvalue weighted by atomic mass is 9.89. The minimum Gasteiger partial charge on any atom is -0.462 e. The summed E-state index contributed by atoms with van der Waals surface area (Å²) in [7, 11) is 0. The first-order valence-corrected chi connectivity index (χ1v) is 8.66. The summed E-state index contributed by atoms with van der Waals surface area (Å²) in [5.41, 5.74) is 6.52. The first-order chi connectivity index (χ1) is 10.0. The third-order valence-electron chi connectivity index (χ3n) is 4.24. The van der Waals surface area contributed by atoms with Crippen LogP contribution in [0.15, 0.2) is 6.07 Å². The van der Waals surface area contributed by atoms with Gasteiger partial charge in [0.1, 0.15) is 4.88 Å². The number of nitrogens with zero attached hydrogens (tertiary/aromatic N) is 1. The maximum Gasteiger partial charge on any atom is 0.350 e. The van der Waals surface area contributed by atoms with Gasteiger partial charge in [-0.1, -0.05) is 13.8 Å². The van der Waals surface area contributed by atoms with E-state index in [4.69, 9.17) is 10.5 Å². The van der Waals surface area contributed by atoms with Gasteiger partial charge >= 0.3 is 5.97 Å². The van der Waals surface area contributed by atoms with Crippen molar-refractivity contribution in [1.29, 1.82) is 0 Å². The maximum atomic E-state index is 11.9. The highest BCUT2D eigenvalue weighted by molar-refractivity contribution is 7.18. The zero-order valence-corrected chi connectivity index (χ0v) is 14.0. The van der Waals surface area contributed by atoms with E-state index in [9.17, 15) is 4.79 Å². The standard InChI is InChI=1S/C16H26N2O2S/c1-4-20-16(19)15-13(17)10-14(21-15)18-8-5-6-12(7-9-18)11(2)3/h10-12H,4-9,17H2,1-3H3. The zero-order chi connectivity index (χ0) is 15.4. The highest BCUT2D eigenvalue weighted by atomic mass is 32.1. The summed E-state index contributed by atoms with van der Waals surface area (Å²) in [5, 5.41) is 1.10. The molecule has 4 nitrogen and oxygen atoms in total. The van der Waals surface area contributed by atoms with Gasteiger partial charge in [0.2, 0.25) is 0 Å². The quantitative estimate of drug-likeness (QED) is 0.860. The molecule has 2 heterocycles. The van der Waals surface area contributed by atoms with Crippen molar-refractivity contribution in [1.82, 2.24) is 0 Å². The minimum absolute atomic E-state index is 0.305. The molecule has 0 aromatic carbocycles. The zero-order valence-electron chi connectivity index (χ0n) is 13.2. The second kappa shape index (κ2) is 7.16. The number of nitrogens with two attached hydrogens (primary N) is 1. The second-order valence-corrected chi connectivity index (χ2v) is 7.04. The molecule has 1 aromatic heterocycles. The second-order valence-electron chi connectivity index (χ2n) is 6.01. The Morgan fingerprint density at radius 3 is 2.90 bits per heavy atom. The molecule has 0 radical (unpaired) electrons. The third-order valence-corrected chi connectivity index (χ3v) is 5.43. The largest absolute Gasteiger partial charge is 0.462 e. The summed E-state index contributed by atoms with van der Waals surface area (Å²) in [6, 6.07) is 1.92. The maximum absolute atomic E-state index is 11.9. The van der Waals surface area contributed by atoms with Gasteiger partial charge in [0.25, 0.3) is 0 Å². The average molecular weight is 310 g/mol. The van der Waals surface area contributed by atoms with E-state index in [0.717, 1.165) is 29.9 Å². The molecular formula is C16H26N2O2S. The molecule has 1 aromatic rings. The molecule has 1 fully saturated rings. The van der Waals surface area contributed by atoms with Crippen molar-refractivity contribution < 1.29 is 9.53 Å². The fourth-order valence-electron chi connectivity index (χ4n) is 2.91. The Hall–Kier alpha value is -1.23. The van der Waals surface area contributed by atoms with E-state index in [1.807, 2.05) is 13.0 Å². The Morgan fingerprint density at radius 2 is 2.24 bits per heavy atom. The normalized spacial score (nSPS) is 19.6. The van der Waals surface area contributed by atoms with Crippen LogP contribution in [0.1, 0.15) is 49.7 Å². The van der Waals surface area contributed by atoms with Crippen molar-refractivity contribution in [2.24, 2.45) is 11.8 Å². The Morgan fingerprint density at radius 1 is 1.48 bits per heavy atom. The van der Waals surface area contributed by atoms with Crippen molar-refractivity contribution in [3.05, 3.63) is 10.9 Å². The van der Waals surface area contributed by atoms with Gasteiger partial charge in [-0.3, -0.25) is 0 Å². The number of carbonyl (C=O) groups is 1. The summed E-state index contributed by atoms with van der Waals surface area (Å²) in [6.07, 6.45) is 3.71. The van der Waals surface area contributed by atoms with Gasteiger partial charge in [0, 0.05) is 13.1 Å². The Kier molecular flexibility index (Phi) is 5.51. The number of nitrogen functional groups attached to an aromatic ring is 1. The van der Waals surface area contributed by atoms with E-state index in [1.54, 1.807) is 0 Å². The molecule has 2 N–H and O–H groups in total. The number of hydrogen-bond acceptors (Lipinski definition) is 5. The molecule has 0 saturated carbocycles. The van der Waals surface area contributed by atoms with Crippen molar-refractivity contribution in [2.75, 3.05) is 30.3 Å². The third kappa shape index (κ3) is 3.90. The number of hydrogen-bond donors (Lipinski definition) is 1. The monoisotopic (exact) mass is 310 g/mol. The van der Waals surface area contributed by atoms with E-state index < -0.39 is 0 Å². The topological polar surface area (TPSA) is 55.6 Å². The number of esters is 1. The average Bonchev–Trinajstić information content (AvgIpc) is 2.67. The Bertz CT molecular complexity index is 485. The fraction of sp³-hybridized carbons (Fsp3) is 0.688. The van der Waals surface area contributed by atoms with E-state index in [1.165, 1.54) is 30.6 Å². The minimum atomic E-state index is -0.305. The first kappa shape index (κ1) is 16.1. The molecule has 1 atom stereocenters. The number of rotatable bonds is 4. The molecule has 118 valence electrons. The molecule has 0 bridgehead atoms. The van der Waals surface area contributed by atoms with Gasteiger partial charge in [-0.25, -0.2) is 4.79 Å². The molecule has 2 rings (SSSR count). The fourth-order valence-corrected chi connectivity index (χ4v) is 3.94. The van der Waals surface area contributed by atoms with Crippen LogP contribution in [0.25, 0.3) is 0 Å². The Balaban J connectivity index is 2.08. The number of carbonyl (C=O) groups excluding carboxylic acids is 1. The lowest BCUT2D eigenvalue weighted by Crippen LogP contribution is -2.23.